The number of fused-ring (bicyclic) bond motifs is 1. The van der Waals surface area contributed by atoms with E-state index in [0.717, 1.165) is 36.5 Å². The molecule has 1 saturated heterocycles. The molecule has 0 radical (unpaired) electrons. The van der Waals surface area contributed by atoms with E-state index in [1.54, 1.807) is 23.1 Å². The number of carbonyl (C=O) groups excluding carboxylic acids is 1. The topological polar surface area (TPSA) is 60.1 Å². The molecule has 1 amide bonds. The van der Waals surface area contributed by atoms with Gasteiger partial charge in [-0.05, 0) is 42.8 Å². The molecule has 1 fully saturated rings. The molecule has 1 aliphatic heterocycles. The van der Waals surface area contributed by atoms with Crippen molar-refractivity contribution in [3.8, 4) is 10.6 Å². The Hall–Kier alpha value is -2.41. The van der Waals surface area contributed by atoms with Crippen LogP contribution in [0.25, 0.3) is 21.6 Å². The normalized spacial score (nSPS) is 15.0. The fraction of sp³-hybridized carbons (Fsp3) is 0.389. The predicted molar refractivity (Wildman–Crippen MR) is 98.7 cm³/mol. The summed E-state index contributed by atoms with van der Waals surface area (Å²) in [5.74, 6) is 0.0514. The molecule has 0 aliphatic carbocycles. The number of amides is 1. The second kappa shape index (κ2) is 6.48. The molecule has 0 aromatic carbocycles. The van der Waals surface area contributed by atoms with Crippen molar-refractivity contribution in [3.05, 3.63) is 40.0 Å². The third kappa shape index (κ3) is 2.89. The minimum absolute atomic E-state index is 0.0514. The lowest BCUT2D eigenvalue weighted by Crippen LogP contribution is -2.39. The van der Waals surface area contributed by atoms with Crippen LogP contribution >= 0.6 is 11.3 Å². The fourth-order valence-electron chi connectivity index (χ4n) is 3.35. The van der Waals surface area contributed by atoms with E-state index in [0.29, 0.717) is 11.0 Å². The maximum atomic E-state index is 12.7. The van der Waals surface area contributed by atoms with Gasteiger partial charge in [0.25, 0.3) is 5.56 Å². The molecular formula is C18H20N4O2S. The number of aromatic nitrogens is 3. The molecule has 130 valence electrons. The Labute approximate surface area is 149 Å². The molecule has 0 unspecified atom stereocenters. The number of rotatable bonds is 3. The molecule has 0 bridgehead atoms. The third-order valence-electron chi connectivity index (χ3n) is 4.77. The number of hydrogen-bond donors (Lipinski definition) is 0. The van der Waals surface area contributed by atoms with E-state index in [1.165, 1.54) is 11.1 Å². The first-order valence-corrected chi connectivity index (χ1v) is 9.41. The van der Waals surface area contributed by atoms with E-state index in [-0.39, 0.29) is 18.0 Å². The van der Waals surface area contributed by atoms with Crippen LogP contribution in [-0.4, -0.2) is 38.2 Å². The van der Waals surface area contributed by atoms with Crippen molar-refractivity contribution in [2.75, 3.05) is 13.1 Å². The Morgan fingerprint density at radius 3 is 2.72 bits per heavy atom. The summed E-state index contributed by atoms with van der Waals surface area (Å²) >= 11 is 1.61. The molecule has 0 spiro atoms. The number of thiophene rings is 1. The number of pyridine rings is 1. The van der Waals surface area contributed by atoms with Gasteiger partial charge in [0.05, 0.1) is 16.0 Å². The molecule has 4 rings (SSSR count). The zero-order valence-corrected chi connectivity index (χ0v) is 15.0. The van der Waals surface area contributed by atoms with E-state index >= 15 is 0 Å². The molecule has 6 nitrogen and oxygen atoms in total. The quantitative estimate of drug-likeness (QED) is 0.724. The van der Waals surface area contributed by atoms with Gasteiger partial charge in [-0.15, -0.1) is 11.3 Å². The summed E-state index contributed by atoms with van der Waals surface area (Å²) in [6.07, 6.45) is 3.29. The Balaban J connectivity index is 1.74. The highest BCUT2D eigenvalue weighted by Crippen LogP contribution is 2.24. The Bertz CT molecular complexity index is 965. The first-order valence-electron chi connectivity index (χ1n) is 8.53. The van der Waals surface area contributed by atoms with E-state index in [9.17, 15) is 9.59 Å². The number of carbonyl (C=O) groups is 1. The number of hydrogen-bond acceptors (Lipinski definition) is 4. The first-order chi connectivity index (χ1) is 12.1. The predicted octanol–water partition coefficient (Wildman–Crippen LogP) is 2.48. The third-order valence-corrected chi connectivity index (χ3v) is 5.67. The summed E-state index contributed by atoms with van der Waals surface area (Å²) in [7, 11) is 1.69. The number of piperidine rings is 1. The van der Waals surface area contributed by atoms with E-state index in [4.69, 9.17) is 0 Å². The lowest BCUT2D eigenvalue weighted by molar-refractivity contribution is -0.133. The fourth-order valence-corrected chi connectivity index (χ4v) is 4.05. The van der Waals surface area contributed by atoms with Crippen LogP contribution in [0.3, 0.4) is 0 Å². The van der Waals surface area contributed by atoms with Gasteiger partial charge in [-0.1, -0.05) is 6.07 Å². The molecule has 3 aromatic rings. The lowest BCUT2D eigenvalue weighted by Gasteiger charge is -2.27. The standard InChI is InChI=1S/C18H20N4O2S/c1-20-18(24)13-7-8-14(15-6-5-11-25-15)19-17(13)22(20)12-16(23)21-9-3-2-4-10-21/h5-8,11H,2-4,9-10,12H2,1H3. The summed E-state index contributed by atoms with van der Waals surface area (Å²) in [5.41, 5.74) is 1.28. The van der Waals surface area contributed by atoms with Crippen LogP contribution in [0.15, 0.2) is 34.4 Å². The van der Waals surface area contributed by atoms with E-state index in [2.05, 4.69) is 4.98 Å². The molecule has 25 heavy (non-hydrogen) atoms. The summed E-state index contributed by atoms with van der Waals surface area (Å²) in [4.78, 5) is 32.8. The van der Waals surface area contributed by atoms with Crippen molar-refractivity contribution >= 4 is 28.3 Å². The molecule has 3 aromatic heterocycles. The molecule has 7 heteroatoms. The molecule has 1 aliphatic rings. The number of nitrogens with zero attached hydrogens (tertiary/aromatic N) is 4. The molecule has 4 heterocycles. The van der Waals surface area contributed by atoms with Gasteiger partial charge in [-0.3, -0.25) is 19.0 Å². The van der Waals surface area contributed by atoms with Crippen LogP contribution in [0.5, 0.6) is 0 Å². The van der Waals surface area contributed by atoms with Crippen LogP contribution in [0.1, 0.15) is 19.3 Å². The minimum Gasteiger partial charge on any atom is -0.341 e. The SMILES string of the molecule is Cn1c(=O)c2ccc(-c3cccs3)nc2n1CC(=O)N1CCCCC1. The average Bonchev–Trinajstić information content (AvgIpc) is 3.26. The highest BCUT2D eigenvalue weighted by atomic mass is 32.1. The summed E-state index contributed by atoms with van der Waals surface area (Å²) in [6.45, 7) is 1.76. The van der Waals surface area contributed by atoms with Gasteiger partial charge in [0.2, 0.25) is 5.91 Å². The van der Waals surface area contributed by atoms with Crippen molar-refractivity contribution in [1.29, 1.82) is 0 Å². The zero-order valence-electron chi connectivity index (χ0n) is 14.1. The summed E-state index contributed by atoms with van der Waals surface area (Å²) in [5, 5.41) is 2.55. The van der Waals surface area contributed by atoms with Gasteiger partial charge >= 0.3 is 0 Å². The monoisotopic (exact) mass is 356 g/mol. The maximum absolute atomic E-state index is 12.7. The highest BCUT2D eigenvalue weighted by molar-refractivity contribution is 7.13. The minimum atomic E-state index is -0.119. The highest BCUT2D eigenvalue weighted by Gasteiger charge is 2.20. The van der Waals surface area contributed by atoms with Crippen LogP contribution in [0.4, 0.5) is 0 Å². The Morgan fingerprint density at radius 1 is 1.20 bits per heavy atom. The van der Waals surface area contributed by atoms with Crippen molar-refractivity contribution in [1.82, 2.24) is 19.2 Å². The van der Waals surface area contributed by atoms with Gasteiger partial charge in [-0.25, -0.2) is 4.98 Å². The van der Waals surface area contributed by atoms with Crippen molar-refractivity contribution in [2.24, 2.45) is 7.05 Å². The van der Waals surface area contributed by atoms with E-state index in [1.807, 2.05) is 34.5 Å². The van der Waals surface area contributed by atoms with Gasteiger partial charge < -0.3 is 4.90 Å². The van der Waals surface area contributed by atoms with Gasteiger partial charge in [0, 0.05) is 20.1 Å². The Morgan fingerprint density at radius 2 is 2.00 bits per heavy atom. The van der Waals surface area contributed by atoms with Gasteiger partial charge in [0.15, 0.2) is 5.65 Å². The molecule has 0 atom stereocenters. The zero-order chi connectivity index (χ0) is 17.4. The lowest BCUT2D eigenvalue weighted by atomic mass is 10.1. The largest absolute Gasteiger partial charge is 0.341 e. The van der Waals surface area contributed by atoms with Crippen molar-refractivity contribution < 1.29 is 4.79 Å². The van der Waals surface area contributed by atoms with Crippen LogP contribution < -0.4 is 5.56 Å². The summed E-state index contributed by atoms with van der Waals surface area (Å²) < 4.78 is 3.20. The van der Waals surface area contributed by atoms with Crippen molar-refractivity contribution in [3.63, 3.8) is 0 Å². The summed E-state index contributed by atoms with van der Waals surface area (Å²) in [6, 6.07) is 7.65. The van der Waals surface area contributed by atoms with Gasteiger partial charge in [-0.2, -0.15) is 0 Å². The number of likely N-dealkylation sites (tertiary alicyclic amines) is 1. The Kier molecular flexibility index (Phi) is 4.17. The average molecular weight is 356 g/mol. The second-order valence-corrected chi connectivity index (χ2v) is 7.32. The maximum Gasteiger partial charge on any atom is 0.275 e. The van der Waals surface area contributed by atoms with Crippen LogP contribution in [0.2, 0.25) is 0 Å². The second-order valence-electron chi connectivity index (χ2n) is 6.37. The van der Waals surface area contributed by atoms with E-state index < -0.39 is 0 Å². The smallest absolute Gasteiger partial charge is 0.275 e. The van der Waals surface area contributed by atoms with Crippen molar-refractivity contribution in [2.45, 2.75) is 25.8 Å². The molecule has 0 saturated carbocycles. The molecule has 0 N–H and O–H groups in total. The van der Waals surface area contributed by atoms with Crippen LogP contribution in [0, 0.1) is 0 Å². The van der Waals surface area contributed by atoms with Gasteiger partial charge in [0.1, 0.15) is 6.54 Å². The first kappa shape index (κ1) is 16.1. The molecular weight excluding hydrogens is 336 g/mol. The van der Waals surface area contributed by atoms with Crippen LogP contribution in [-0.2, 0) is 18.4 Å².